The second-order valence-electron chi connectivity index (χ2n) is 4.64. The fourth-order valence-corrected chi connectivity index (χ4v) is 1.89. The zero-order valence-corrected chi connectivity index (χ0v) is 11.6. The number of aromatic amines is 1. The average Bonchev–Trinajstić information content (AvgIpc) is 2.48. The van der Waals surface area contributed by atoms with Crippen LogP contribution in [0.3, 0.4) is 0 Å². The number of carbonyl (C=O) groups is 1. The molecule has 2 rings (SSSR count). The number of nitrogens with one attached hydrogen (secondary N) is 1. The SMILES string of the molecule is CCc1ccc(CN(C)C(=O)c2ccc(=O)[nH]n2)cc1. The van der Waals surface area contributed by atoms with Crippen molar-refractivity contribution in [3.63, 3.8) is 0 Å². The van der Waals surface area contributed by atoms with Gasteiger partial charge in [0.15, 0.2) is 0 Å². The van der Waals surface area contributed by atoms with Crippen molar-refractivity contribution >= 4 is 5.91 Å². The molecule has 0 bridgehead atoms. The second-order valence-corrected chi connectivity index (χ2v) is 4.64. The summed E-state index contributed by atoms with van der Waals surface area (Å²) in [5, 5.41) is 6.00. The molecule has 0 radical (unpaired) electrons. The van der Waals surface area contributed by atoms with E-state index in [2.05, 4.69) is 29.3 Å². The second kappa shape index (κ2) is 6.14. The summed E-state index contributed by atoms with van der Waals surface area (Å²) in [6.07, 6.45) is 0.996. The van der Waals surface area contributed by atoms with E-state index in [4.69, 9.17) is 0 Å². The van der Waals surface area contributed by atoms with Crippen molar-refractivity contribution in [2.24, 2.45) is 0 Å². The Bertz CT molecular complexity index is 626. The maximum atomic E-state index is 12.1. The molecule has 0 aliphatic carbocycles. The maximum Gasteiger partial charge on any atom is 0.274 e. The predicted molar refractivity (Wildman–Crippen MR) is 76.5 cm³/mol. The Morgan fingerprint density at radius 2 is 1.80 bits per heavy atom. The molecule has 0 atom stereocenters. The highest BCUT2D eigenvalue weighted by atomic mass is 16.2. The summed E-state index contributed by atoms with van der Waals surface area (Å²) >= 11 is 0. The van der Waals surface area contributed by atoms with E-state index in [1.54, 1.807) is 11.9 Å². The molecule has 1 aromatic carbocycles. The molecular weight excluding hydrogens is 254 g/mol. The minimum absolute atomic E-state index is 0.221. The molecule has 0 unspecified atom stereocenters. The number of aryl methyl sites for hydroxylation is 1. The van der Waals surface area contributed by atoms with Crippen molar-refractivity contribution in [3.8, 4) is 0 Å². The lowest BCUT2D eigenvalue weighted by molar-refractivity contribution is 0.0778. The van der Waals surface area contributed by atoms with Gasteiger partial charge in [0.05, 0.1) is 0 Å². The molecule has 0 spiro atoms. The highest BCUT2D eigenvalue weighted by Crippen LogP contribution is 2.08. The van der Waals surface area contributed by atoms with Crippen LogP contribution in [0, 0.1) is 0 Å². The van der Waals surface area contributed by atoms with Crippen LogP contribution in [0.2, 0.25) is 0 Å². The van der Waals surface area contributed by atoms with E-state index in [0.29, 0.717) is 6.54 Å². The van der Waals surface area contributed by atoms with Crippen LogP contribution in [-0.2, 0) is 13.0 Å². The van der Waals surface area contributed by atoms with Crippen LogP contribution in [0.5, 0.6) is 0 Å². The van der Waals surface area contributed by atoms with Crippen LogP contribution in [0.25, 0.3) is 0 Å². The van der Waals surface area contributed by atoms with Gasteiger partial charge in [0.2, 0.25) is 0 Å². The van der Waals surface area contributed by atoms with E-state index >= 15 is 0 Å². The Kier molecular flexibility index (Phi) is 4.30. The van der Waals surface area contributed by atoms with Gasteiger partial charge in [-0.05, 0) is 23.6 Å². The van der Waals surface area contributed by atoms with Crippen LogP contribution < -0.4 is 5.56 Å². The predicted octanol–water partition coefficient (Wildman–Crippen LogP) is 1.60. The van der Waals surface area contributed by atoms with E-state index in [-0.39, 0.29) is 17.2 Å². The van der Waals surface area contributed by atoms with E-state index in [9.17, 15) is 9.59 Å². The Hall–Kier alpha value is -2.43. The Morgan fingerprint density at radius 3 is 2.35 bits per heavy atom. The number of H-pyrrole nitrogens is 1. The molecule has 0 fully saturated rings. The van der Waals surface area contributed by atoms with Gasteiger partial charge in [-0.25, -0.2) is 5.10 Å². The van der Waals surface area contributed by atoms with Gasteiger partial charge < -0.3 is 4.90 Å². The molecule has 1 N–H and O–H groups in total. The molecule has 1 heterocycles. The normalized spacial score (nSPS) is 10.3. The molecule has 5 heteroatoms. The summed E-state index contributed by atoms with van der Waals surface area (Å²) in [4.78, 5) is 24.6. The quantitative estimate of drug-likeness (QED) is 0.918. The van der Waals surface area contributed by atoms with Gasteiger partial charge in [-0.3, -0.25) is 9.59 Å². The van der Waals surface area contributed by atoms with E-state index < -0.39 is 0 Å². The largest absolute Gasteiger partial charge is 0.336 e. The number of rotatable bonds is 4. The topological polar surface area (TPSA) is 66.1 Å². The molecule has 1 aromatic heterocycles. The number of nitrogens with zero attached hydrogens (tertiary/aromatic N) is 2. The van der Waals surface area contributed by atoms with Gasteiger partial charge in [-0.1, -0.05) is 31.2 Å². The fourth-order valence-electron chi connectivity index (χ4n) is 1.89. The number of amides is 1. The van der Waals surface area contributed by atoms with Crippen molar-refractivity contribution in [2.45, 2.75) is 19.9 Å². The zero-order valence-electron chi connectivity index (χ0n) is 11.6. The van der Waals surface area contributed by atoms with Crippen molar-refractivity contribution in [1.29, 1.82) is 0 Å². The minimum Gasteiger partial charge on any atom is -0.336 e. The van der Waals surface area contributed by atoms with Gasteiger partial charge in [-0.2, -0.15) is 5.10 Å². The third kappa shape index (κ3) is 3.32. The smallest absolute Gasteiger partial charge is 0.274 e. The number of hydrogen-bond donors (Lipinski definition) is 1. The van der Waals surface area contributed by atoms with Crippen LogP contribution in [0.1, 0.15) is 28.5 Å². The number of carbonyl (C=O) groups excluding carboxylic acids is 1. The van der Waals surface area contributed by atoms with Crippen molar-refractivity contribution in [2.75, 3.05) is 7.05 Å². The first-order valence-electron chi connectivity index (χ1n) is 6.49. The molecular formula is C15H17N3O2. The molecule has 20 heavy (non-hydrogen) atoms. The summed E-state index contributed by atoms with van der Waals surface area (Å²) < 4.78 is 0. The molecule has 0 aliphatic rings. The highest BCUT2D eigenvalue weighted by Gasteiger charge is 2.13. The summed E-state index contributed by atoms with van der Waals surface area (Å²) in [5.74, 6) is -0.221. The molecule has 1 amide bonds. The lowest BCUT2D eigenvalue weighted by atomic mass is 10.1. The lowest BCUT2D eigenvalue weighted by Gasteiger charge is -2.16. The Labute approximate surface area is 117 Å². The molecule has 2 aromatic rings. The zero-order chi connectivity index (χ0) is 14.5. The molecule has 0 aliphatic heterocycles. The average molecular weight is 271 g/mol. The van der Waals surface area contributed by atoms with E-state index in [0.717, 1.165) is 12.0 Å². The van der Waals surface area contributed by atoms with Crippen molar-refractivity contribution in [1.82, 2.24) is 15.1 Å². The molecule has 5 nitrogen and oxygen atoms in total. The van der Waals surface area contributed by atoms with Crippen molar-refractivity contribution < 1.29 is 4.79 Å². The minimum atomic E-state index is -0.320. The summed E-state index contributed by atoms with van der Waals surface area (Å²) in [5.41, 5.74) is 2.24. The first-order chi connectivity index (χ1) is 9.60. The van der Waals surface area contributed by atoms with Gasteiger partial charge >= 0.3 is 0 Å². The standard InChI is InChI=1S/C15H17N3O2/c1-3-11-4-6-12(7-5-11)10-18(2)15(20)13-8-9-14(19)17-16-13/h4-9H,3,10H2,1-2H3,(H,17,19). The summed E-state index contributed by atoms with van der Waals surface area (Å²) in [6, 6.07) is 10.9. The third-order valence-electron chi connectivity index (χ3n) is 3.10. The van der Waals surface area contributed by atoms with Crippen molar-refractivity contribution in [3.05, 3.63) is 63.6 Å². The molecule has 0 saturated heterocycles. The van der Waals surface area contributed by atoms with Crippen LogP contribution in [0.4, 0.5) is 0 Å². The van der Waals surface area contributed by atoms with E-state index in [1.165, 1.54) is 17.7 Å². The van der Waals surface area contributed by atoms with Crippen LogP contribution >= 0.6 is 0 Å². The Morgan fingerprint density at radius 1 is 1.15 bits per heavy atom. The third-order valence-corrected chi connectivity index (χ3v) is 3.10. The molecule has 104 valence electrons. The van der Waals surface area contributed by atoms with Gasteiger partial charge in [0, 0.05) is 19.7 Å². The number of benzene rings is 1. The van der Waals surface area contributed by atoms with Crippen LogP contribution in [-0.4, -0.2) is 28.1 Å². The first kappa shape index (κ1) is 14.0. The first-order valence-corrected chi connectivity index (χ1v) is 6.49. The number of aromatic nitrogens is 2. The Balaban J connectivity index is 2.06. The van der Waals surface area contributed by atoms with Gasteiger partial charge in [0.25, 0.3) is 11.5 Å². The maximum absolute atomic E-state index is 12.1. The fraction of sp³-hybridized carbons (Fsp3) is 0.267. The monoisotopic (exact) mass is 271 g/mol. The van der Waals surface area contributed by atoms with E-state index in [1.807, 2.05) is 12.1 Å². The van der Waals surface area contributed by atoms with Crippen LogP contribution in [0.15, 0.2) is 41.2 Å². The summed E-state index contributed by atoms with van der Waals surface area (Å²) in [7, 11) is 1.71. The summed E-state index contributed by atoms with van der Waals surface area (Å²) in [6.45, 7) is 2.61. The number of hydrogen-bond acceptors (Lipinski definition) is 3. The lowest BCUT2D eigenvalue weighted by Crippen LogP contribution is -2.28. The van der Waals surface area contributed by atoms with Gasteiger partial charge in [0.1, 0.15) is 5.69 Å². The molecule has 0 saturated carbocycles. The highest BCUT2D eigenvalue weighted by molar-refractivity contribution is 5.91. The van der Waals surface area contributed by atoms with Gasteiger partial charge in [-0.15, -0.1) is 0 Å².